The molecular formula is C20H17Cl2N5O3. The zero-order valence-corrected chi connectivity index (χ0v) is 17.3. The van der Waals surface area contributed by atoms with Crippen LogP contribution in [-0.4, -0.2) is 40.9 Å². The van der Waals surface area contributed by atoms with Crippen LogP contribution in [0.3, 0.4) is 0 Å². The molecule has 2 aromatic carbocycles. The molecule has 1 saturated heterocycles. The van der Waals surface area contributed by atoms with Gasteiger partial charge in [0.1, 0.15) is 10.7 Å². The zero-order valence-electron chi connectivity index (χ0n) is 15.7. The van der Waals surface area contributed by atoms with Crippen molar-refractivity contribution in [2.24, 2.45) is 0 Å². The highest BCUT2D eigenvalue weighted by Crippen LogP contribution is 2.30. The number of nitro groups is 1. The van der Waals surface area contributed by atoms with Crippen molar-refractivity contribution in [3.05, 3.63) is 85.2 Å². The first-order valence-corrected chi connectivity index (χ1v) is 9.98. The topological polar surface area (TPSA) is 84.5 Å². The number of nitro benzene ring substituents is 1. The Morgan fingerprint density at radius 2 is 1.50 bits per heavy atom. The fourth-order valence-electron chi connectivity index (χ4n) is 3.48. The van der Waals surface area contributed by atoms with Crippen LogP contribution in [0.1, 0.15) is 0 Å². The number of benzene rings is 2. The molecule has 0 atom stereocenters. The predicted molar refractivity (Wildman–Crippen MR) is 117 cm³/mol. The fraction of sp³-hybridized carbons (Fsp3) is 0.200. The lowest BCUT2D eigenvalue weighted by molar-refractivity contribution is -0.384. The Hall–Kier alpha value is -3.10. The second-order valence-electron chi connectivity index (χ2n) is 6.76. The van der Waals surface area contributed by atoms with E-state index in [1.165, 1.54) is 10.7 Å². The molecule has 1 aromatic heterocycles. The molecule has 30 heavy (non-hydrogen) atoms. The molecule has 2 heterocycles. The molecule has 0 radical (unpaired) electrons. The molecule has 0 N–H and O–H groups in total. The minimum Gasteiger partial charge on any atom is -0.365 e. The van der Waals surface area contributed by atoms with Gasteiger partial charge < -0.3 is 9.80 Å². The molecule has 0 aliphatic carbocycles. The van der Waals surface area contributed by atoms with Crippen LogP contribution in [0.2, 0.25) is 10.0 Å². The van der Waals surface area contributed by atoms with E-state index in [0.29, 0.717) is 48.3 Å². The highest BCUT2D eigenvalue weighted by Gasteiger charge is 2.25. The lowest BCUT2D eigenvalue weighted by Gasteiger charge is -2.37. The molecule has 0 saturated carbocycles. The number of nitrogens with zero attached hydrogens (tertiary/aromatic N) is 5. The zero-order chi connectivity index (χ0) is 21.3. The number of para-hydroxylation sites is 2. The fourth-order valence-corrected chi connectivity index (χ4v) is 3.86. The summed E-state index contributed by atoms with van der Waals surface area (Å²) in [7, 11) is 0. The number of hydrogen-bond acceptors (Lipinski definition) is 6. The van der Waals surface area contributed by atoms with Crippen molar-refractivity contribution < 1.29 is 4.92 Å². The summed E-state index contributed by atoms with van der Waals surface area (Å²) in [5, 5.41) is 16.2. The van der Waals surface area contributed by atoms with Crippen molar-refractivity contribution in [3.63, 3.8) is 0 Å². The number of anilines is 2. The Bertz CT molecular complexity index is 1140. The van der Waals surface area contributed by atoms with Crippen molar-refractivity contribution >= 4 is 40.3 Å². The van der Waals surface area contributed by atoms with Crippen LogP contribution in [0, 0.1) is 10.1 Å². The third-order valence-electron chi connectivity index (χ3n) is 5.01. The second kappa shape index (κ2) is 8.33. The molecule has 0 amide bonds. The lowest BCUT2D eigenvalue weighted by atomic mass is 10.2. The van der Waals surface area contributed by atoms with E-state index in [1.54, 1.807) is 48.7 Å². The van der Waals surface area contributed by atoms with E-state index >= 15 is 0 Å². The van der Waals surface area contributed by atoms with Gasteiger partial charge >= 0.3 is 0 Å². The van der Waals surface area contributed by atoms with Crippen LogP contribution >= 0.6 is 23.2 Å². The lowest BCUT2D eigenvalue weighted by Crippen LogP contribution is -2.47. The average Bonchev–Trinajstić information content (AvgIpc) is 2.76. The van der Waals surface area contributed by atoms with E-state index in [1.807, 2.05) is 9.80 Å². The molecule has 0 spiro atoms. The summed E-state index contributed by atoms with van der Waals surface area (Å²) >= 11 is 12.3. The maximum absolute atomic E-state index is 12.7. The van der Waals surface area contributed by atoms with Crippen molar-refractivity contribution in [3.8, 4) is 5.69 Å². The second-order valence-corrected chi connectivity index (χ2v) is 7.57. The van der Waals surface area contributed by atoms with Crippen LogP contribution in [0.4, 0.5) is 17.1 Å². The third kappa shape index (κ3) is 3.83. The first-order valence-electron chi connectivity index (χ1n) is 9.23. The quantitative estimate of drug-likeness (QED) is 0.448. The minimum atomic E-state index is -0.419. The van der Waals surface area contributed by atoms with Gasteiger partial charge in [-0.15, -0.1) is 0 Å². The van der Waals surface area contributed by atoms with Gasteiger partial charge in [0.25, 0.3) is 11.2 Å². The number of halogens is 2. The van der Waals surface area contributed by atoms with Gasteiger partial charge in [-0.1, -0.05) is 35.3 Å². The maximum Gasteiger partial charge on any atom is 0.292 e. The molecule has 1 aliphatic rings. The first-order chi connectivity index (χ1) is 14.5. The summed E-state index contributed by atoms with van der Waals surface area (Å²) in [6, 6.07) is 13.4. The Morgan fingerprint density at radius 3 is 2.13 bits per heavy atom. The summed E-state index contributed by atoms with van der Waals surface area (Å²) in [4.78, 5) is 27.6. The molecule has 1 aliphatic heterocycles. The highest BCUT2D eigenvalue weighted by molar-refractivity contribution is 6.33. The van der Waals surface area contributed by atoms with E-state index in [4.69, 9.17) is 23.2 Å². The SMILES string of the molecule is O=c1c(Cl)c(N2CCN(c3ccccc3[N+](=O)[O-])CC2)cnn1-c1ccc(Cl)cc1. The molecule has 8 nitrogen and oxygen atoms in total. The number of hydrogen-bond donors (Lipinski definition) is 0. The Labute approximate surface area is 182 Å². The van der Waals surface area contributed by atoms with Crippen LogP contribution in [0.5, 0.6) is 0 Å². The van der Waals surface area contributed by atoms with Gasteiger partial charge in [-0.2, -0.15) is 9.78 Å². The maximum atomic E-state index is 12.7. The molecule has 0 bridgehead atoms. The number of rotatable bonds is 4. The van der Waals surface area contributed by atoms with E-state index in [2.05, 4.69) is 5.10 Å². The van der Waals surface area contributed by atoms with Gasteiger partial charge in [-0.25, -0.2) is 0 Å². The smallest absolute Gasteiger partial charge is 0.292 e. The number of aromatic nitrogens is 2. The molecule has 0 unspecified atom stereocenters. The Morgan fingerprint density at radius 1 is 0.900 bits per heavy atom. The van der Waals surface area contributed by atoms with Crippen molar-refractivity contribution in [2.75, 3.05) is 36.0 Å². The summed E-state index contributed by atoms with van der Waals surface area (Å²) in [6.07, 6.45) is 1.57. The van der Waals surface area contributed by atoms with Crippen LogP contribution in [-0.2, 0) is 0 Å². The van der Waals surface area contributed by atoms with Crippen LogP contribution in [0.15, 0.2) is 59.5 Å². The van der Waals surface area contributed by atoms with Gasteiger partial charge in [0.05, 0.1) is 22.5 Å². The van der Waals surface area contributed by atoms with Gasteiger partial charge in [0.2, 0.25) is 0 Å². The summed E-state index contributed by atoms with van der Waals surface area (Å²) < 4.78 is 1.23. The molecule has 154 valence electrons. The van der Waals surface area contributed by atoms with Crippen molar-refractivity contribution in [1.82, 2.24) is 9.78 Å². The van der Waals surface area contributed by atoms with Crippen LogP contribution < -0.4 is 15.4 Å². The van der Waals surface area contributed by atoms with Crippen molar-refractivity contribution in [2.45, 2.75) is 0 Å². The normalized spacial score (nSPS) is 14.1. The Kier molecular flexibility index (Phi) is 5.61. The Balaban J connectivity index is 1.54. The van der Waals surface area contributed by atoms with Crippen molar-refractivity contribution in [1.29, 1.82) is 0 Å². The number of piperazine rings is 1. The van der Waals surface area contributed by atoms with Gasteiger partial charge in [0, 0.05) is 37.3 Å². The first kappa shape index (κ1) is 20.2. The van der Waals surface area contributed by atoms with Gasteiger partial charge in [-0.3, -0.25) is 14.9 Å². The summed E-state index contributed by atoms with van der Waals surface area (Å²) in [5.74, 6) is 0. The molecular weight excluding hydrogens is 429 g/mol. The molecule has 4 rings (SSSR count). The third-order valence-corrected chi connectivity index (χ3v) is 5.62. The van der Waals surface area contributed by atoms with E-state index in [9.17, 15) is 14.9 Å². The van der Waals surface area contributed by atoms with Crippen LogP contribution in [0.25, 0.3) is 5.69 Å². The largest absolute Gasteiger partial charge is 0.365 e. The monoisotopic (exact) mass is 445 g/mol. The average molecular weight is 446 g/mol. The predicted octanol–water partition coefficient (Wildman–Crippen LogP) is 3.77. The van der Waals surface area contributed by atoms with Gasteiger partial charge in [-0.05, 0) is 30.3 Å². The highest BCUT2D eigenvalue weighted by atomic mass is 35.5. The summed E-state index contributed by atoms with van der Waals surface area (Å²) in [6.45, 7) is 2.22. The van der Waals surface area contributed by atoms with E-state index < -0.39 is 5.56 Å². The standard InChI is InChI=1S/C20H17Cl2N5O3/c21-14-5-7-15(8-6-14)26-20(28)19(22)18(13-23-26)25-11-9-24(10-12-25)16-3-1-2-4-17(16)27(29)30/h1-8,13H,9-12H2. The van der Waals surface area contributed by atoms with E-state index in [0.717, 1.165) is 0 Å². The summed E-state index contributed by atoms with van der Waals surface area (Å²) in [5.41, 5.74) is 1.37. The van der Waals surface area contributed by atoms with E-state index in [-0.39, 0.29) is 15.6 Å². The molecule has 10 heteroatoms. The van der Waals surface area contributed by atoms with Gasteiger partial charge in [0.15, 0.2) is 0 Å². The minimum absolute atomic E-state index is 0.0798. The molecule has 3 aromatic rings. The molecule has 1 fully saturated rings.